The number of amides is 1. The van der Waals surface area contributed by atoms with Gasteiger partial charge in [0, 0.05) is 56.7 Å². The zero-order valence-electron chi connectivity index (χ0n) is 50.9. The molecule has 0 aliphatic heterocycles. The molecule has 90 heavy (non-hydrogen) atoms. The Hall–Kier alpha value is -10.1. The molecule has 0 unspecified atom stereocenters. The molecule has 0 aliphatic rings. The first kappa shape index (κ1) is 72.4. The summed E-state index contributed by atoms with van der Waals surface area (Å²) in [5.74, 6) is -0.279. The molecule has 9 N–H and O–H groups in total. The summed E-state index contributed by atoms with van der Waals surface area (Å²) >= 11 is 0. The normalized spacial score (nSPS) is 10.4. The highest BCUT2D eigenvalue weighted by molar-refractivity contribution is 5.87. The van der Waals surface area contributed by atoms with Gasteiger partial charge in [0.05, 0.1) is 26.4 Å². The second kappa shape index (κ2) is 39.0. The van der Waals surface area contributed by atoms with Gasteiger partial charge in [-0.2, -0.15) is 0 Å². The van der Waals surface area contributed by atoms with Gasteiger partial charge in [0.1, 0.15) is 28.7 Å². The van der Waals surface area contributed by atoms with Crippen LogP contribution in [0.1, 0.15) is 99.0 Å². The lowest BCUT2D eigenvalue weighted by atomic mass is 10.1. The third-order valence-electron chi connectivity index (χ3n) is 13.9. The number of esters is 3. The number of hydrogen-bond acceptors (Lipinski definition) is 15. The molecule has 0 spiro atoms. The summed E-state index contributed by atoms with van der Waals surface area (Å²) < 4.78 is 15.5. The van der Waals surface area contributed by atoms with Gasteiger partial charge in [0.15, 0.2) is 11.5 Å². The van der Waals surface area contributed by atoms with Crippen LogP contribution in [0.3, 0.4) is 0 Å². The Morgan fingerprint density at radius 2 is 0.822 bits per heavy atom. The van der Waals surface area contributed by atoms with E-state index in [9.17, 15) is 54.9 Å². The first-order valence-electron chi connectivity index (χ1n) is 29.3. The Balaban J connectivity index is 0.000000256. The first-order valence-corrected chi connectivity index (χ1v) is 29.3. The molecule has 8 aromatic rings. The number of aliphatic hydroxyl groups is 1. The molecule has 0 bridgehead atoms. The van der Waals surface area contributed by atoms with Crippen molar-refractivity contribution in [2.45, 2.75) is 106 Å². The van der Waals surface area contributed by atoms with Crippen LogP contribution in [0.2, 0.25) is 0 Å². The van der Waals surface area contributed by atoms with E-state index in [0.29, 0.717) is 69.2 Å². The van der Waals surface area contributed by atoms with Crippen LogP contribution in [0.5, 0.6) is 40.2 Å². The number of hydrogen-bond donors (Lipinski definition) is 9. The highest BCUT2D eigenvalue weighted by Gasteiger charge is 2.10. The third-order valence-corrected chi connectivity index (χ3v) is 13.9. The fraction of sp³-hybridized carbons (Fsp3) is 0.270. The van der Waals surface area contributed by atoms with Crippen LogP contribution in [-0.2, 0) is 84.9 Å². The molecule has 476 valence electrons. The average Bonchev–Trinajstić information content (AvgIpc) is 3.10. The first-order chi connectivity index (χ1) is 42.7. The number of phenolic OH excluding ortho intramolecular Hbond substituents is 6. The number of aryl methyl sites for hydroxylation is 7. The van der Waals surface area contributed by atoms with Crippen LogP contribution >= 0.6 is 0 Å². The fourth-order valence-electron chi connectivity index (χ4n) is 8.46. The van der Waals surface area contributed by atoms with Crippen molar-refractivity contribution in [2.24, 2.45) is 0 Å². The minimum absolute atomic E-state index is 0. The molecule has 0 aromatic heterocycles. The van der Waals surface area contributed by atoms with Crippen molar-refractivity contribution in [1.82, 2.24) is 5.32 Å². The molecule has 16 nitrogen and oxygen atoms in total. The van der Waals surface area contributed by atoms with Crippen molar-refractivity contribution in [3.63, 3.8) is 0 Å². The van der Waals surface area contributed by atoms with Crippen LogP contribution in [-0.4, -0.2) is 91.0 Å². The van der Waals surface area contributed by atoms with Crippen molar-refractivity contribution in [3.8, 4) is 40.2 Å². The van der Waals surface area contributed by atoms with Gasteiger partial charge in [-0.15, -0.1) is 0 Å². The van der Waals surface area contributed by atoms with E-state index in [1.807, 2.05) is 63.2 Å². The maximum absolute atomic E-state index is 11.8. The number of aliphatic hydroxyl groups excluding tert-OH is 1. The lowest BCUT2D eigenvalue weighted by molar-refractivity contribution is -0.144. The lowest BCUT2D eigenvalue weighted by Crippen LogP contribution is -2.25. The number of carbonyl (C=O) groups is 4. The topological polar surface area (TPSA) is 270 Å². The van der Waals surface area contributed by atoms with Gasteiger partial charge in [-0.3, -0.25) is 14.4 Å². The molecule has 0 aliphatic carbocycles. The van der Waals surface area contributed by atoms with Crippen LogP contribution in [0.4, 0.5) is 0 Å². The van der Waals surface area contributed by atoms with Gasteiger partial charge in [0.25, 0.3) is 0 Å². The van der Waals surface area contributed by atoms with Gasteiger partial charge < -0.3 is 60.4 Å². The van der Waals surface area contributed by atoms with Crippen LogP contribution < -0.4 is 5.32 Å². The third kappa shape index (κ3) is 28.2. The van der Waals surface area contributed by atoms with E-state index in [1.54, 1.807) is 66.7 Å². The maximum atomic E-state index is 11.8. The summed E-state index contributed by atoms with van der Waals surface area (Å²) in [6.45, 7) is 8.97. The molecule has 0 fully saturated rings. The van der Waals surface area contributed by atoms with E-state index in [-0.39, 0.29) is 91.8 Å². The zero-order valence-corrected chi connectivity index (χ0v) is 50.9. The standard InChI is InChI=1S/C19H20O5.C18H21NO2.C18H20O5.C18H20O3.CH4/c1-13-2-3-15(11-18(13)22)8-9-24-19(23)7-5-14-4-6-17(21)16(10-14)12-20;1-14-2-4-16(5-3-14)12-13-19-18(21)11-8-15-6-9-17(20)10-7-15;1-12-10-13(2-5-15(12)19)4-7-18(22)23-9-8-14-3-6-16(20)17(21)11-14;1-14-2-4-16(5-3-14)12-13-21-18(20)11-8-15-6-9-17(19)10-7-15;/h2-7,10-11,20-22H,8-9,12H2,1H3;2-7,9-10,20H,8,11-13H2,1H3,(H,19,21);2-3,5-6,10-11,19-21H,4,7-9H2,1H3;2-7,9-10,19H,8,11-13H2,1H3;1H4/b7-5+;;;;. The summed E-state index contributed by atoms with van der Waals surface area (Å²) in [5.41, 5.74) is 12.3. The predicted octanol–water partition coefficient (Wildman–Crippen LogP) is 12.6. The van der Waals surface area contributed by atoms with Crippen LogP contribution in [0.15, 0.2) is 176 Å². The predicted molar refractivity (Wildman–Crippen MR) is 349 cm³/mol. The van der Waals surface area contributed by atoms with E-state index < -0.39 is 5.97 Å². The van der Waals surface area contributed by atoms with Gasteiger partial charge in [0.2, 0.25) is 5.91 Å². The van der Waals surface area contributed by atoms with Gasteiger partial charge in [-0.1, -0.05) is 128 Å². The minimum atomic E-state index is -0.482. The van der Waals surface area contributed by atoms with Crippen molar-refractivity contribution in [3.05, 3.63) is 248 Å². The molecule has 1 amide bonds. The molecule has 8 rings (SSSR count). The highest BCUT2D eigenvalue weighted by atomic mass is 16.5. The Morgan fingerprint density at radius 3 is 1.34 bits per heavy atom. The van der Waals surface area contributed by atoms with E-state index >= 15 is 0 Å². The van der Waals surface area contributed by atoms with E-state index in [2.05, 4.69) is 60.8 Å². The molecule has 0 saturated carbocycles. The number of nitrogens with one attached hydrogen (secondary N) is 1. The van der Waals surface area contributed by atoms with Crippen molar-refractivity contribution in [1.29, 1.82) is 0 Å². The van der Waals surface area contributed by atoms with Crippen molar-refractivity contribution in [2.75, 3.05) is 26.4 Å². The lowest BCUT2D eigenvalue weighted by Gasteiger charge is -2.07. The Kier molecular flexibility index (Phi) is 31.3. The number of ether oxygens (including phenoxy) is 3. The molecule has 8 aromatic carbocycles. The van der Waals surface area contributed by atoms with E-state index in [4.69, 9.17) is 19.3 Å². The van der Waals surface area contributed by atoms with E-state index in [1.165, 1.54) is 46.5 Å². The van der Waals surface area contributed by atoms with Gasteiger partial charge >= 0.3 is 17.9 Å². The summed E-state index contributed by atoms with van der Waals surface area (Å²) in [6, 6.07) is 50.2. The number of benzene rings is 8. The molecule has 0 radical (unpaired) electrons. The number of carbonyl (C=O) groups excluding carboxylic acids is 4. The fourth-order valence-corrected chi connectivity index (χ4v) is 8.46. The van der Waals surface area contributed by atoms with Crippen molar-refractivity contribution >= 4 is 29.9 Å². The van der Waals surface area contributed by atoms with Crippen LogP contribution in [0.25, 0.3) is 6.08 Å². The molecule has 16 heteroatoms. The average molecular weight is 1230 g/mol. The summed E-state index contributed by atoms with van der Waals surface area (Å²) in [4.78, 5) is 46.8. The smallest absolute Gasteiger partial charge is 0.330 e. The van der Waals surface area contributed by atoms with Crippen molar-refractivity contribution < 1.29 is 74.2 Å². The SMILES string of the molecule is C.Cc1cc(CCC(=O)OCCc2ccc(O)c(O)c2)ccc1O.Cc1ccc(CCNC(=O)CCc2ccc(O)cc2)cc1.Cc1ccc(CCOC(=O)/C=C/c2ccc(O)c(CO)c2)cc1O.Cc1ccc(CCOC(=O)CCc2ccc(O)cc2)cc1. The maximum Gasteiger partial charge on any atom is 0.330 e. The molecular formula is C74H85NO15. The second-order valence-electron chi connectivity index (χ2n) is 21.2. The second-order valence-corrected chi connectivity index (χ2v) is 21.2. The Labute approximate surface area is 528 Å². The Morgan fingerprint density at radius 1 is 0.400 bits per heavy atom. The number of rotatable bonds is 24. The molecule has 0 atom stereocenters. The monoisotopic (exact) mass is 1230 g/mol. The van der Waals surface area contributed by atoms with Gasteiger partial charge in [-0.25, -0.2) is 4.79 Å². The highest BCUT2D eigenvalue weighted by Crippen LogP contribution is 2.26. The summed E-state index contributed by atoms with van der Waals surface area (Å²) in [6.07, 6.45) is 8.40. The number of phenols is 7. The van der Waals surface area contributed by atoms with Gasteiger partial charge in [-0.05, 0) is 176 Å². The minimum Gasteiger partial charge on any atom is -0.508 e. The number of aromatic hydroxyl groups is 7. The summed E-state index contributed by atoms with van der Waals surface area (Å²) in [5, 5.41) is 77.6. The largest absolute Gasteiger partial charge is 0.508 e. The molecule has 0 saturated heterocycles. The van der Waals surface area contributed by atoms with Crippen LogP contribution in [0, 0.1) is 27.7 Å². The molecule has 0 heterocycles. The summed E-state index contributed by atoms with van der Waals surface area (Å²) in [7, 11) is 0. The zero-order chi connectivity index (χ0) is 64.5. The molecular weight excluding hydrogens is 1140 g/mol. The van der Waals surface area contributed by atoms with E-state index in [0.717, 1.165) is 51.8 Å². The quantitative estimate of drug-likeness (QED) is 0.0118. The Bertz CT molecular complexity index is 3420.